The van der Waals surface area contributed by atoms with Crippen molar-refractivity contribution in [3.05, 3.63) is 58.6 Å². The number of amides is 1. The van der Waals surface area contributed by atoms with E-state index in [-0.39, 0.29) is 11.7 Å². The molecule has 0 fully saturated rings. The molecule has 0 aliphatic carbocycles. The lowest BCUT2D eigenvalue weighted by molar-refractivity contribution is -0.113. The first-order valence-electron chi connectivity index (χ1n) is 7.75. The Bertz CT molecular complexity index is 865. The summed E-state index contributed by atoms with van der Waals surface area (Å²) in [6.07, 6.45) is 0.973. The number of thioether (sulfide) groups is 1. The van der Waals surface area contributed by atoms with Gasteiger partial charge in [-0.05, 0) is 52.2 Å². The average Bonchev–Trinajstić information content (AvgIpc) is 3.10. The van der Waals surface area contributed by atoms with Crippen molar-refractivity contribution in [2.45, 2.75) is 18.6 Å². The number of nitrogens with zero attached hydrogens (tertiary/aromatic N) is 2. The molecule has 0 bridgehead atoms. The van der Waals surface area contributed by atoms with Gasteiger partial charge in [0.05, 0.1) is 11.3 Å². The zero-order chi connectivity index (χ0) is 17.6. The number of nitrogens with one attached hydrogen (secondary N) is 1. The van der Waals surface area contributed by atoms with Crippen LogP contribution in [0.25, 0.3) is 11.5 Å². The number of aromatic nitrogens is 2. The average molecular weight is 418 g/mol. The Labute approximate surface area is 158 Å². The molecule has 0 saturated heterocycles. The molecule has 1 N–H and O–H groups in total. The molecule has 0 aliphatic rings. The van der Waals surface area contributed by atoms with Crippen molar-refractivity contribution in [2.24, 2.45) is 0 Å². The number of benzene rings is 2. The van der Waals surface area contributed by atoms with Crippen LogP contribution in [-0.2, 0) is 11.2 Å². The molecule has 2 aromatic carbocycles. The minimum atomic E-state index is -0.116. The van der Waals surface area contributed by atoms with E-state index in [2.05, 4.69) is 38.4 Å². The highest BCUT2D eigenvalue weighted by Crippen LogP contribution is 2.28. The third-order valence-electron chi connectivity index (χ3n) is 3.48. The first-order valence-corrected chi connectivity index (χ1v) is 9.53. The van der Waals surface area contributed by atoms with E-state index in [0.29, 0.717) is 11.1 Å². The summed E-state index contributed by atoms with van der Waals surface area (Å²) in [6, 6.07) is 15.4. The molecule has 0 spiro atoms. The molecule has 3 aromatic rings. The molecule has 25 heavy (non-hydrogen) atoms. The normalized spacial score (nSPS) is 10.6. The van der Waals surface area contributed by atoms with E-state index in [9.17, 15) is 4.79 Å². The molecule has 128 valence electrons. The first-order chi connectivity index (χ1) is 12.2. The Hall–Kier alpha value is -2.12. The van der Waals surface area contributed by atoms with Gasteiger partial charge in [0.1, 0.15) is 0 Å². The summed E-state index contributed by atoms with van der Waals surface area (Å²) in [5.41, 5.74) is 2.84. The molecular weight excluding hydrogens is 402 g/mol. The minimum absolute atomic E-state index is 0.116. The summed E-state index contributed by atoms with van der Waals surface area (Å²) in [5, 5.41) is 11.2. The van der Waals surface area contributed by atoms with Crippen LogP contribution >= 0.6 is 27.7 Å². The van der Waals surface area contributed by atoms with Gasteiger partial charge in [0, 0.05) is 10.2 Å². The molecule has 5 nitrogen and oxygen atoms in total. The van der Waals surface area contributed by atoms with Crippen molar-refractivity contribution in [3.8, 4) is 11.5 Å². The number of carbonyl (C=O) groups excluding carboxylic acids is 1. The van der Waals surface area contributed by atoms with Crippen molar-refractivity contribution in [2.75, 3.05) is 11.1 Å². The maximum Gasteiger partial charge on any atom is 0.277 e. The van der Waals surface area contributed by atoms with Gasteiger partial charge in [0.2, 0.25) is 11.8 Å². The van der Waals surface area contributed by atoms with Crippen LogP contribution in [-0.4, -0.2) is 21.9 Å². The molecule has 0 aliphatic heterocycles. The number of hydrogen-bond donors (Lipinski definition) is 1. The maximum atomic E-state index is 12.0. The molecular formula is C18H16BrN3O2S. The van der Waals surface area contributed by atoms with E-state index in [4.69, 9.17) is 4.42 Å². The molecule has 0 unspecified atom stereocenters. The van der Waals surface area contributed by atoms with Crippen molar-refractivity contribution in [1.29, 1.82) is 0 Å². The first kappa shape index (κ1) is 17.7. The number of carbonyl (C=O) groups is 1. The molecule has 0 saturated carbocycles. The van der Waals surface area contributed by atoms with Crippen LogP contribution in [0.15, 0.2) is 62.6 Å². The second-order valence-electron chi connectivity index (χ2n) is 5.24. The van der Waals surface area contributed by atoms with Crippen LogP contribution in [0.5, 0.6) is 0 Å². The van der Waals surface area contributed by atoms with Gasteiger partial charge >= 0.3 is 0 Å². The van der Waals surface area contributed by atoms with Gasteiger partial charge in [-0.15, -0.1) is 10.2 Å². The summed E-state index contributed by atoms with van der Waals surface area (Å²) in [5.74, 6) is 0.507. The van der Waals surface area contributed by atoms with Gasteiger partial charge in [-0.2, -0.15) is 0 Å². The standard InChI is InChI=1S/C18H16BrN3O2S/c1-2-12-7-9-13(10-8-12)20-16(23)11-25-18-22-21-17(24-18)14-5-3-4-6-15(14)19/h3-10H,2,11H2,1H3,(H,20,23). The lowest BCUT2D eigenvalue weighted by Crippen LogP contribution is -2.13. The third kappa shape index (κ3) is 4.70. The van der Waals surface area contributed by atoms with E-state index in [1.165, 1.54) is 17.3 Å². The van der Waals surface area contributed by atoms with E-state index < -0.39 is 0 Å². The largest absolute Gasteiger partial charge is 0.411 e. The highest BCUT2D eigenvalue weighted by atomic mass is 79.9. The summed E-state index contributed by atoms with van der Waals surface area (Å²) in [6.45, 7) is 2.09. The van der Waals surface area contributed by atoms with Crippen molar-refractivity contribution < 1.29 is 9.21 Å². The van der Waals surface area contributed by atoms with Crippen LogP contribution in [0.4, 0.5) is 5.69 Å². The Balaban J connectivity index is 1.56. The summed E-state index contributed by atoms with van der Waals surface area (Å²) < 4.78 is 6.49. The fourth-order valence-corrected chi connectivity index (χ4v) is 3.18. The highest BCUT2D eigenvalue weighted by Gasteiger charge is 2.13. The van der Waals surface area contributed by atoms with Gasteiger partial charge < -0.3 is 9.73 Å². The Morgan fingerprint density at radius 1 is 1.16 bits per heavy atom. The van der Waals surface area contributed by atoms with Crippen LogP contribution in [0.3, 0.4) is 0 Å². The molecule has 0 atom stereocenters. The van der Waals surface area contributed by atoms with Gasteiger partial charge in [0.25, 0.3) is 5.22 Å². The maximum absolute atomic E-state index is 12.0. The van der Waals surface area contributed by atoms with Crippen molar-refractivity contribution >= 4 is 39.3 Å². The summed E-state index contributed by atoms with van der Waals surface area (Å²) in [7, 11) is 0. The summed E-state index contributed by atoms with van der Waals surface area (Å²) in [4.78, 5) is 12.0. The second-order valence-corrected chi connectivity index (χ2v) is 7.02. The van der Waals surface area contributed by atoms with Gasteiger partial charge in [0.15, 0.2) is 0 Å². The Morgan fingerprint density at radius 3 is 2.64 bits per heavy atom. The Morgan fingerprint density at radius 2 is 1.92 bits per heavy atom. The van der Waals surface area contributed by atoms with Crippen molar-refractivity contribution in [1.82, 2.24) is 10.2 Å². The smallest absolute Gasteiger partial charge is 0.277 e. The SMILES string of the molecule is CCc1ccc(NC(=O)CSc2nnc(-c3ccccc3Br)o2)cc1. The number of rotatable bonds is 6. The molecule has 1 amide bonds. The van der Waals surface area contributed by atoms with Gasteiger partial charge in [-0.1, -0.05) is 43.0 Å². The fourth-order valence-electron chi connectivity index (χ4n) is 2.16. The topological polar surface area (TPSA) is 68.0 Å². The van der Waals surface area contributed by atoms with Crippen LogP contribution < -0.4 is 5.32 Å². The molecule has 1 aromatic heterocycles. The second kappa shape index (κ2) is 8.31. The summed E-state index contributed by atoms with van der Waals surface area (Å²) >= 11 is 4.66. The molecule has 1 heterocycles. The fraction of sp³-hybridized carbons (Fsp3) is 0.167. The number of aryl methyl sites for hydroxylation is 1. The monoisotopic (exact) mass is 417 g/mol. The highest BCUT2D eigenvalue weighted by molar-refractivity contribution is 9.10. The zero-order valence-electron chi connectivity index (χ0n) is 13.5. The predicted molar refractivity (Wildman–Crippen MR) is 103 cm³/mol. The molecule has 7 heteroatoms. The lowest BCUT2D eigenvalue weighted by atomic mass is 10.1. The zero-order valence-corrected chi connectivity index (χ0v) is 15.9. The van der Waals surface area contributed by atoms with E-state index in [1.54, 1.807) is 0 Å². The number of anilines is 1. The Kier molecular flexibility index (Phi) is 5.88. The van der Waals surface area contributed by atoms with E-state index in [1.807, 2.05) is 48.5 Å². The van der Waals surface area contributed by atoms with Gasteiger partial charge in [-0.3, -0.25) is 4.79 Å². The van der Waals surface area contributed by atoms with Crippen LogP contribution in [0.2, 0.25) is 0 Å². The van der Waals surface area contributed by atoms with E-state index >= 15 is 0 Å². The quantitative estimate of drug-likeness (QED) is 0.583. The van der Waals surface area contributed by atoms with Crippen LogP contribution in [0.1, 0.15) is 12.5 Å². The minimum Gasteiger partial charge on any atom is -0.411 e. The number of hydrogen-bond acceptors (Lipinski definition) is 5. The van der Waals surface area contributed by atoms with E-state index in [0.717, 1.165) is 22.1 Å². The van der Waals surface area contributed by atoms with Gasteiger partial charge in [-0.25, -0.2) is 0 Å². The van der Waals surface area contributed by atoms with Crippen LogP contribution in [0, 0.1) is 0 Å². The lowest BCUT2D eigenvalue weighted by Gasteiger charge is -2.04. The van der Waals surface area contributed by atoms with Crippen molar-refractivity contribution in [3.63, 3.8) is 0 Å². The number of halogens is 1. The molecule has 0 radical (unpaired) electrons. The predicted octanol–water partition coefficient (Wildman–Crippen LogP) is 4.79. The third-order valence-corrected chi connectivity index (χ3v) is 4.99. The molecule has 3 rings (SSSR count).